The largest absolute Gasteiger partial charge is 0.370 e. The van der Waals surface area contributed by atoms with Crippen molar-refractivity contribution in [2.45, 2.75) is 27.2 Å². The summed E-state index contributed by atoms with van der Waals surface area (Å²) in [5.41, 5.74) is 1.14. The molecule has 78 valence electrons. The molecule has 0 aliphatic carbocycles. The maximum absolute atomic E-state index is 5.84. The predicted octanol–water partition coefficient (Wildman–Crippen LogP) is 3.50. The second-order valence-electron chi connectivity index (χ2n) is 3.96. The molecule has 0 atom stereocenters. The minimum Gasteiger partial charge on any atom is -0.370 e. The number of rotatable bonds is 4. The minimum absolute atomic E-state index is 0.553. The van der Waals surface area contributed by atoms with E-state index < -0.39 is 0 Å². The van der Waals surface area contributed by atoms with Crippen molar-refractivity contribution < 1.29 is 0 Å². The summed E-state index contributed by atoms with van der Waals surface area (Å²) in [5.74, 6) is 1.58. The number of nitrogens with one attached hydrogen (secondary N) is 1. The van der Waals surface area contributed by atoms with Crippen LogP contribution < -0.4 is 5.32 Å². The van der Waals surface area contributed by atoms with E-state index in [2.05, 4.69) is 24.1 Å². The zero-order chi connectivity index (χ0) is 10.6. The maximum Gasteiger partial charge on any atom is 0.131 e. The number of anilines is 1. The second-order valence-corrected chi connectivity index (χ2v) is 4.35. The Labute approximate surface area is 90.7 Å². The van der Waals surface area contributed by atoms with Crippen LogP contribution in [-0.2, 0) is 0 Å². The lowest BCUT2D eigenvalue weighted by molar-refractivity contribution is 0.606. The Balaban J connectivity index is 2.50. The van der Waals surface area contributed by atoms with Crippen molar-refractivity contribution >= 4 is 17.4 Å². The average Bonchev–Trinajstić information content (AvgIpc) is 2.01. The first-order chi connectivity index (χ1) is 6.58. The van der Waals surface area contributed by atoms with E-state index in [9.17, 15) is 0 Å². The number of halogens is 1. The highest BCUT2D eigenvalue weighted by atomic mass is 35.5. The van der Waals surface area contributed by atoms with E-state index in [-0.39, 0.29) is 0 Å². The van der Waals surface area contributed by atoms with Gasteiger partial charge in [-0.1, -0.05) is 25.4 Å². The summed E-state index contributed by atoms with van der Waals surface area (Å²) >= 11 is 5.84. The highest BCUT2D eigenvalue weighted by molar-refractivity contribution is 6.29. The van der Waals surface area contributed by atoms with Gasteiger partial charge < -0.3 is 5.32 Å². The monoisotopic (exact) mass is 212 g/mol. The Bertz CT molecular complexity index is 277. The first kappa shape index (κ1) is 11.3. The zero-order valence-electron chi connectivity index (χ0n) is 8.97. The van der Waals surface area contributed by atoms with Crippen LogP contribution in [0.4, 0.5) is 5.82 Å². The third-order valence-electron chi connectivity index (χ3n) is 1.97. The van der Waals surface area contributed by atoms with E-state index >= 15 is 0 Å². The summed E-state index contributed by atoms with van der Waals surface area (Å²) in [7, 11) is 0. The standard InChI is InChI=1S/C11H17ClN2/c1-8(2)4-5-13-11-7-9(3)6-10(12)14-11/h6-8H,4-5H2,1-3H3,(H,13,14). The fourth-order valence-corrected chi connectivity index (χ4v) is 1.47. The van der Waals surface area contributed by atoms with Gasteiger partial charge in [-0.05, 0) is 37.0 Å². The molecule has 2 nitrogen and oxygen atoms in total. The molecule has 0 saturated carbocycles. The van der Waals surface area contributed by atoms with Crippen LogP contribution in [0.15, 0.2) is 12.1 Å². The van der Waals surface area contributed by atoms with Gasteiger partial charge in [-0.2, -0.15) is 0 Å². The summed E-state index contributed by atoms with van der Waals surface area (Å²) in [5, 5.41) is 3.81. The molecule has 0 aliphatic heterocycles. The molecule has 0 radical (unpaired) electrons. The van der Waals surface area contributed by atoms with Crippen LogP contribution in [0.1, 0.15) is 25.8 Å². The van der Waals surface area contributed by atoms with Crippen molar-refractivity contribution in [3.8, 4) is 0 Å². The van der Waals surface area contributed by atoms with Gasteiger partial charge in [0, 0.05) is 6.54 Å². The molecule has 0 amide bonds. The van der Waals surface area contributed by atoms with Gasteiger partial charge >= 0.3 is 0 Å². The van der Waals surface area contributed by atoms with Crippen LogP contribution in [0.2, 0.25) is 5.15 Å². The van der Waals surface area contributed by atoms with Crippen LogP contribution >= 0.6 is 11.6 Å². The molecular weight excluding hydrogens is 196 g/mol. The molecule has 3 heteroatoms. The Morgan fingerprint density at radius 3 is 2.71 bits per heavy atom. The molecule has 1 N–H and O–H groups in total. The smallest absolute Gasteiger partial charge is 0.131 e. The third-order valence-corrected chi connectivity index (χ3v) is 2.16. The molecule has 1 rings (SSSR count). The lowest BCUT2D eigenvalue weighted by Gasteiger charge is -2.08. The molecule has 1 aromatic heterocycles. The molecule has 0 aliphatic rings. The first-order valence-electron chi connectivity index (χ1n) is 4.96. The summed E-state index contributed by atoms with van der Waals surface area (Å²) in [4.78, 5) is 4.19. The molecule has 1 aromatic rings. The normalized spacial score (nSPS) is 10.6. The predicted molar refractivity (Wildman–Crippen MR) is 61.9 cm³/mol. The number of hydrogen-bond donors (Lipinski definition) is 1. The summed E-state index contributed by atoms with van der Waals surface area (Å²) < 4.78 is 0. The van der Waals surface area contributed by atoms with Crippen LogP contribution in [0.5, 0.6) is 0 Å². The van der Waals surface area contributed by atoms with Crippen molar-refractivity contribution in [3.63, 3.8) is 0 Å². The number of aromatic nitrogens is 1. The minimum atomic E-state index is 0.553. The molecule has 0 aromatic carbocycles. The number of pyridine rings is 1. The van der Waals surface area contributed by atoms with Gasteiger partial charge in [0.1, 0.15) is 11.0 Å². The summed E-state index contributed by atoms with van der Waals surface area (Å²) in [6.07, 6.45) is 1.15. The molecule has 0 bridgehead atoms. The highest BCUT2D eigenvalue weighted by Gasteiger charge is 1.98. The van der Waals surface area contributed by atoms with Gasteiger partial charge in [-0.25, -0.2) is 4.98 Å². The van der Waals surface area contributed by atoms with E-state index in [4.69, 9.17) is 11.6 Å². The van der Waals surface area contributed by atoms with Gasteiger partial charge in [0.05, 0.1) is 0 Å². The average molecular weight is 213 g/mol. The molecule has 0 fully saturated rings. The van der Waals surface area contributed by atoms with E-state index in [1.54, 1.807) is 0 Å². The van der Waals surface area contributed by atoms with Gasteiger partial charge in [-0.15, -0.1) is 0 Å². The molecule has 14 heavy (non-hydrogen) atoms. The summed E-state index contributed by atoms with van der Waals surface area (Å²) in [6.45, 7) is 7.38. The lowest BCUT2D eigenvalue weighted by Crippen LogP contribution is -2.06. The highest BCUT2D eigenvalue weighted by Crippen LogP contribution is 2.13. The number of hydrogen-bond acceptors (Lipinski definition) is 2. The van der Waals surface area contributed by atoms with Crippen molar-refractivity contribution in [1.82, 2.24) is 4.98 Å². The quantitative estimate of drug-likeness (QED) is 0.773. The fraction of sp³-hybridized carbons (Fsp3) is 0.545. The first-order valence-corrected chi connectivity index (χ1v) is 5.34. The van der Waals surface area contributed by atoms with Gasteiger partial charge in [-0.3, -0.25) is 0 Å². The molecule has 0 saturated heterocycles. The molecule has 0 unspecified atom stereocenters. The van der Waals surface area contributed by atoms with E-state index in [1.807, 2.05) is 19.1 Å². The molecular formula is C11H17ClN2. The maximum atomic E-state index is 5.84. The SMILES string of the molecule is Cc1cc(Cl)nc(NCCC(C)C)c1. The number of nitrogens with zero attached hydrogens (tertiary/aromatic N) is 1. The van der Waals surface area contributed by atoms with Crippen molar-refractivity contribution in [2.75, 3.05) is 11.9 Å². The Kier molecular flexibility index (Phi) is 4.21. The third kappa shape index (κ3) is 3.97. The second kappa shape index (κ2) is 5.20. The van der Waals surface area contributed by atoms with Gasteiger partial charge in [0.25, 0.3) is 0 Å². The van der Waals surface area contributed by atoms with Crippen molar-refractivity contribution in [3.05, 3.63) is 22.8 Å². The molecule has 0 spiro atoms. The van der Waals surface area contributed by atoms with Crippen molar-refractivity contribution in [2.24, 2.45) is 5.92 Å². The summed E-state index contributed by atoms with van der Waals surface area (Å²) in [6, 6.07) is 3.86. The Morgan fingerprint density at radius 1 is 1.43 bits per heavy atom. The van der Waals surface area contributed by atoms with Crippen LogP contribution in [-0.4, -0.2) is 11.5 Å². The van der Waals surface area contributed by atoms with Crippen LogP contribution in [0, 0.1) is 12.8 Å². The lowest BCUT2D eigenvalue weighted by atomic mass is 10.1. The van der Waals surface area contributed by atoms with Gasteiger partial charge in [0.15, 0.2) is 0 Å². The Hall–Kier alpha value is -0.760. The van der Waals surface area contributed by atoms with Crippen LogP contribution in [0.25, 0.3) is 0 Å². The van der Waals surface area contributed by atoms with Crippen molar-refractivity contribution in [1.29, 1.82) is 0 Å². The zero-order valence-corrected chi connectivity index (χ0v) is 9.73. The van der Waals surface area contributed by atoms with Gasteiger partial charge in [0.2, 0.25) is 0 Å². The topological polar surface area (TPSA) is 24.9 Å². The fourth-order valence-electron chi connectivity index (χ4n) is 1.20. The molecule has 1 heterocycles. The van der Waals surface area contributed by atoms with E-state index in [0.717, 1.165) is 24.3 Å². The Morgan fingerprint density at radius 2 is 2.14 bits per heavy atom. The van der Waals surface area contributed by atoms with E-state index in [1.165, 1.54) is 0 Å². The van der Waals surface area contributed by atoms with Crippen LogP contribution in [0.3, 0.4) is 0 Å². The number of aryl methyl sites for hydroxylation is 1. The van der Waals surface area contributed by atoms with E-state index in [0.29, 0.717) is 11.1 Å².